The largest absolute Gasteiger partial charge is 0.493 e. The Balaban J connectivity index is 2.92. The highest BCUT2D eigenvalue weighted by molar-refractivity contribution is 5.43. The molecule has 0 aliphatic carbocycles. The van der Waals surface area contributed by atoms with Crippen LogP contribution in [0.1, 0.15) is 38.3 Å². The highest BCUT2D eigenvalue weighted by Gasteiger charge is 2.15. The maximum absolute atomic E-state index is 9.29. The van der Waals surface area contributed by atoms with Crippen LogP contribution in [0.4, 0.5) is 0 Å². The fraction of sp³-hybridized carbons (Fsp3) is 0.600. The predicted molar refractivity (Wildman–Crippen MR) is 76.9 cm³/mol. The minimum absolute atomic E-state index is 0.123. The second kappa shape index (κ2) is 8.02. The van der Waals surface area contributed by atoms with Crippen LogP contribution in [0, 0.1) is 0 Å². The van der Waals surface area contributed by atoms with Gasteiger partial charge in [-0.15, -0.1) is 0 Å². The van der Waals surface area contributed by atoms with Gasteiger partial charge in [-0.25, -0.2) is 0 Å². The summed E-state index contributed by atoms with van der Waals surface area (Å²) in [5.41, 5.74) is 1.15. The molecule has 4 heteroatoms. The van der Waals surface area contributed by atoms with Crippen molar-refractivity contribution in [3.8, 4) is 11.5 Å². The SMILES string of the molecule is CCC(N[C@H](CC)CO)c1ccc(OC)c(OC)c1. The van der Waals surface area contributed by atoms with Gasteiger partial charge in [0.1, 0.15) is 0 Å². The summed E-state index contributed by atoms with van der Waals surface area (Å²) < 4.78 is 10.6. The normalized spacial score (nSPS) is 13.9. The fourth-order valence-electron chi connectivity index (χ4n) is 2.10. The van der Waals surface area contributed by atoms with E-state index in [1.165, 1.54) is 0 Å². The van der Waals surface area contributed by atoms with Crippen molar-refractivity contribution in [1.29, 1.82) is 0 Å². The lowest BCUT2D eigenvalue weighted by Gasteiger charge is -2.24. The Kier molecular flexibility index (Phi) is 6.67. The number of benzene rings is 1. The molecule has 1 unspecified atom stereocenters. The van der Waals surface area contributed by atoms with Gasteiger partial charge in [-0.05, 0) is 30.5 Å². The van der Waals surface area contributed by atoms with Crippen molar-refractivity contribution >= 4 is 0 Å². The molecule has 0 radical (unpaired) electrons. The molecule has 0 aliphatic heterocycles. The van der Waals surface area contributed by atoms with Gasteiger partial charge in [0, 0.05) is 12.1 Å². The number of rotatable bonds is 8. The lowest BCUT2D eigenvalue weighted by atomic mass is 10.0. The molecule has 1 aromatic rings. The summed E-state index contributed by atoms with van der Waals surface area (Å²) in [4.78, 5) is 0. The number of aliphatic hydroxyl groups is 1. The van der Waals surface area contributed by atoms with Crippen LogP contribution in [0.3, 0.4) is 0 Å². The molecule has 1 rings (SSSR count). The van der Waals surface area contributed by atoms with Crippen LogP contribution in [0.15, 0.2) is 18.2 Å². The molecule has 2 N–H and O–H groups in total. The van der Waals surface area contributed by atoms with Gasteiger partial charge in [0.15, 0.2) is 11.5 Å². The van der Waals surface area contributed by atoms with E-state index < -0.39 is 0 Å². The van der Waals surface area contributed by atoms with Crippen LogP contribution < -0.4 is 14.8 Å². The summed E-state index contributed by atoms with van der Waals surface area (Å²) in [5, 5.41) is 12.8. The van der Waals surface area contributed by atoms with E-state index in [1.54, 1.807) is 14.2 Å². The molecule has 2 atom stereocenters. The van der Waals surface area contributed by atoms with Crippen LogP contribution in [0.5, 0.6) is 11.5 Å². The number of nitrogens with one attached hydrogen (secondary N) is 1. The van der Waals surface area contributed by atoms with E-state index in [-0.39, 0.29) is 18.7 Å². The maximum Gasteiger partial charge on any atom is 0.161 e. The Morgan fingerprint density at radius 1 is 1.11 bits per heavy atom. The number of hydrogen-bond donors (Lipinski definition) is 2. The maximum atomic E-state index is 9.29. The molecular weight excluding hydrogens is 242 g/mol. The molecule has 0 aromatic heterocycles. The number of aliphatic hydroxyl groups excluding tert-OH is 1. The van der Waals surface area contributed by atoms with Crippen LogP contribution in [-0.4, -0.2) is 32.0 Å². The van der Waals surface area contributed by atoms with Crippen molar-refractivity contribution in [2.24, 2.45) is 0 Å². The smallest absolute Gasteiger partial charge is 0.161 e. The van der Waals surface area contributed by atoms with E-state index >= 15 is 0 Å². The van der Waals surface area contributed by atoms with Gasteiger partial charge in [0.25, 0.3) is 0 Å². The zero-order valence-corrected chi connectivity index (χ0v) is 12.3. The van der Waals surface area contributed by atoms with E-state index in [0.717, 1.165) is 29.9 Å². The third-order valence-electron chi connectivity index (χ3n) is 3.37. The molecule has 4 nitrogen and oxygen atoms in total. The summed E-state index contributed by atoms with van der Waals surface area (Å²) >= 11 is 0. The Morgan fingerprint density at radius 3 is 2.26 bits per heavy atom. The minimum atomic E-state index is 0.123. The first-order chi connectivity index (χ1) is 9.19. The Morgan fingerprint density at radius 2 is 1.79 bits per heavy atom. The first-order valence-corrected chi connectivity index (χ1v) is 6.78. The molecule has 19 heavy (non-hydrogen) atoms. The van der Waals surface area contributed by atoms with Crippen LogP contribution in [0.2, 0.25) is 0 Å². The highest BCUT2D eigenvalue weighted by atomic mass is 16.5. The molecule has 0 saturated heterocycles. The van der Waals surface area contributed by atoms with E-state index in [9.17, 15) is 5.11 Å². The predicted octanol–water partition coefficient (Wildman–Crippen LogP) is 2.52. The monoisotopic (exact) mass is 267 g/mol. The number of methoxy groups -OCH3 is 2. The molecule has 0 amide bonds. The van der Waals surface area contributed by atoms with Crippen molar-refractivity contribution in [2.45, 2.75) is 38.8 Å². The molecule has 0 fully saturated rings. The van der Waals surface area contributed by atoms with Crippen LogP contribution in [-0.2, 0) is 0 Å². The van der Waals surface area contributed by atoms with Gasteiger partial charge >= 0.3 is 0 Å². The number of ether oxygens (including phenoxy) is 2. The average molecular weight is 267 g/mol. The average Bonchev–Trinajstić information content (AvgIpc) is 2.48. The van der Waals surface area contributed by atoms with Crippen molar-refractivity contribution in [2.75, 3.05) is 20.8 Å². The van der Waals surface area contributed by atoms with E-state index in [0.29, 0.717) is 0 Å². The Bertz CT molecular complexity index is 378. The molecule has 0 heterocycles. The second-order valence-electron chi connectivity index (χ2n) is 4.53. The molecule has 0 spiro atoms. The lowest BCUT2D eigenvalue weighted by Crippen LogP contribution is -2.34. The van der Waals surface area contributed by atoms with Crippen molar-refractivity contribution in [3.63, 3.8) is 0 Å². The number of hydrogen-bond acceptors (Lipinski definition) is 4. The zero-order chi connectivity index (χ0) is 14.3. The Hall–Kier alpha value is -1.26. The molecule has 0 saturated carbocycles. The summed E-state index contributed by atoms with van der Waals surface area (Å²) in [6.45, 7) is 4.34. The molecular formula is C15H25NO3. The lowest BCUT2D eigenvalue weighted by molar-refractivity contribution is 0.226. The quantitative estimate of drug-likeness (QED) is 0.760. The molecule has 0 aliphatic rings. The first kappa shape index (κ1) is 15.8. The van der Waals surface area contributed by atoms with Gasteiger partial charge in [-0.1, -0.05) is 19.9 Å². The van der Waals surface area contributed by atoms with Gasteiger partial charge in [0.2, 0.25) is 0 Å². The summed E-state index contributed by atoms with van der Waals surface area (Å²) in [6, 6.07) is 6.27. The summed E-state index contributed by atoms with van der Waals surface area (Å²) in [7, 11) is 3.27. The van der Waals surface area contributed by atoms with E-state index in [1.807, 2.05) is 18.2 Å². The first-order valence-electron chi connectivity index (χ1n) is 6.78. The summed E-state index contributed by atoms with van der Waals surface area (Å²) in [5.74, 6) is 1.47. The molecule has 108 valence electrons. The standard InChI is InChI=1S/C15H25NO3/c1-5-12(10-17)16-13(6-2)11-7-8-14(18-3)15(9-11)19-4/h7-9,12-13,16-17H,5-6,10H2,1-4H3/t12-,13?/m1/s1. The van der Waals surface area contributed by atoms with Crippen molar-refractivity contribution in [3.05, 3.63) is 23.8 Å². The van der Waals surface area contributed by atoms with Crippen LogP contribution in [0.25, 0.3) is 0 Å². The third kappa shape index (κ3) is 4.11. The third-order valence-corrected chi connectivity index (χ3v) is 3.37. The Labute approximate surface area is 115 Å². The van der Waals surface area contributed by atoms with E-state index in [2.05, 4.69) is 19.2 Å². The molecule has 1 aromatic carbocycles. The van der Waals surface area contributed by atoms with Gasteiger partial charge in [0.05, 0.1) is 20.8 Å². The molecule has 0 bridgehead atoms. The second-order valence-corrected chi connectivity index (χ2v) is 4.53. The van der Waals surface area contributed by atoms with Gasteiger partial charge < -0.3 is 19.9 Å². The summed E-state index contributed by atoms with van der Waals surface area (Å²) in [6.07, 6.45) is 1.85. The van der Waals surface area contributed by atoms with Crippen molar-refractivity contribution in [1.82, 2.24) is 5.32 Å². The highest BCUT2D eigenvalue weighted by Crippen LogP contribution is 2.31. The van der Waals surface area contributed by atoms with Crippen molar-refractivity contribution < 1.29 is 14.6 Å². The van der Waals surface area contributed by atoms with Crippen LogP contribution >= 0.6 is 0 Å². The minimum Gasteiger partial charge on any atom is -0.493 e. The van der Waals surface area contributed by atoms with E-state index in [4.69, 9.17) is 9.47 Å². The van der Waals surface area contributed by atoms with Gasteiger partial charge in [-0.3, -0.25) is 0 Å². The van der Waals surface area contributed by atoms with Gasteiger partial charge in [-0.2, -0.15) is 0 Å². The topological polar surface area (TPSA) is 50.7 Å². The fourth-order valence-corrected chi connectivity index (χ4v) is 2.10. The zero-order valence-electron chi connectivity index (χ0n) is 12.3.